The highest BCUT2D eigenvalue weighted by Gasteiger charge is 2.29. The average Bonchev–Trinajstić information content (AvgIpc) is 2.62. The van der Waals surface area contributed by atoms with Gasteiger partial charge in [-0.25, -0.2) is 8.42 Å². The molecule has 2 fully saturated rings. The van der Waals surface area contributed by atoms with Crippen LogP contribution in [0.4, 0.5) is 0 Å². The Kier molecular flexibility index (Phi) is 5.31. The molecule has 3 rings (SSSR count). The molecule has 1 aromatic rings. The largest absolute Gasteiger partial charge is 0.353 e. The molecular formula is C16H20ClN3O4S. The van der Waals surface area contributed by atoms with Crippen molar-refractivity contribution in [3.05, 3.63) is 28.8 Å². The quantitative estimate of drug-likeness (QED) is 0.843. The molecule has 0 radical (unpaired) electrons. The van der Waals surface area contributed by atoms with Gasteiger partial charge in [0.25, 0.3) is 5.91 Å². The number of hydrogen-bond acceptors (Lipinski definition) is 4. The van der Waals surface area contributed by atoms with Crippen LogP contribution < -0.4 is 5.32 Å². The average molecular weight is 386 g/mol. The molecule has 9 heteroatoms. The molecule has 7 nitrogen and oxygen atoms in total. The van der Waals surface area contributed by atoms with E-state index in [0.717, 1.165) is 19.3 Å². The SMILES string of the molecule is O=C1CN(C(=O)c2cc(S(=O)(=O)N3CCCCC3)ccc2Cl)CCN1. The van der Waals surface area contributed by atoms with E-state index in [1.54, 1.807) is 0 Å². The molecule has 2 saturated heterocycles. The van der Waals surface area contributed by atoms with Gasteiger partial charge in [-0.2, -0.15) is 4.31 Å². The fraction of sp³-hybridized carbons (Fsp3) is 0.500. The van der Waals surface area contributed by atoms with Crippen LogP contribution in [0.5, 0.6) is 0 Å². The summed E-state index contributed by atoms with van der Waals surface area (Å²) in [4.78, 5) is 25.6. The fourth-order valence-corrected chi connectivity index (χ4v) is 4.81. The number of carbonyl (C=O) groups is 2. The molecule has 0 atom stereocenters. The van der Waals surface area contributed by atoms with Gasteiger partial charge in [0.05, 0.1) is 22.0 Å². The zero-order valence-electron chi connectivity index (χ0n) is 13.7. The molecule has 25 heavy (non-hydrogen) atoms. The first-order valence-corrected chi connectivity index (χ1v) is 10.1. The Labute approximate surface area is 152 Å². The van der Waals surface area contributed by atoms with E-state index in [4.69, 9.17) is 11.6 Å². The van der Waals surface area contributed by atoms with E-state index in [1.807, 2.05) is 0 Å². The summed E-state index contributed by atoms with van der Waals surface area (Å²) in [6.45, 7) is 1.65. The van der Waals surface area contributed by atoms with Crippen molar-refractivity contribution in [2.45, 2.75) is 24.2 Å². The molecule has 0 aliphatic carbocycles. The smallest absolute Gasteiger partial charge is 0.255 e. The number of piperidine rings is 1. The van der Waals surface area contributed by atoms with Crippen molar-refractivity contribution in [2.24, 2.45) is 0 Å². The molecule has 1 N–H and O–H groups in total. The van der Waals surface area contributed by atoms with E-state index in [-0.39, 0.29) is 27.9 Å². The van der Waals surface area contributed by atoms with Crippen LogP contribution in [0.3, 0.4) is 0 Å². The normalized spacial score (nSPS) is 19.6. The molecule has 0 spiro atoms. The molecule has 2 heterocycles. The van der Waals surface area contributed by atoms with Crippen molar-refractivity contribution in [3.8, 4) is 0 Å². The van der Waals surface area contributed by atoms with Crippen LogP contribution in [-0.4, -0.2) is 62.2 Å². The molecule has 0 unspecified atom stereocenters. The fourth-order valence-electron chi connectivity index (χ4n) is 3.07. The third-order valence-corrected chi connectivity index (χ3v) is 6.67. The van der Waals surface area contributed by atoms with Crippen LogP contribution >= 0.6 is 11.6 Å². The van der Waals surface area contributed by atoms with Crippen molar-refractivity contribution in [1.29, 1.82) is 0 Å². The lowest BCUT2D eigenvalue weighted by atomic mass is 10.2. The summed E-state index contributed by atoms with van der Waals surface area (Å²) in [6, 6.07) is 4.17. The molecule has 2 amide bonds. The van der Waals surface area contributed by atoms with Crippen molar-refractivity contribution in [2.75, 3.05) is 32.7 Å². The summed E-state index contributed by atoms with van der Waals surface area (Å²) in [6.07, 6.45) is 2.69. The first-order chi connectivity index (χ1) is 11.9. The van der Waals surface area contributed by atoms with Crippen molar-refractivity contribution >= 4 is 33.4 Å². The summed E-state index contributed by atoms with van der Waals surface area (Å²) in [5.41, 5.74) is 0.106. The summed E-state index contributed by atoms with van der Waals surface area (Å²) in [7, 11) is -3.65. The number of sulfonamides is 1. The first-order valence-electron chi connectivity index (χ1n) is 8.25. The minimum absolute atomic E-state index is 0.0573. The van der Waals surface area contributed by atoms with E-state index >= 15 is 0 Å². The Balaban J connectivity index is 1.89. The third-order valence-electron chi connectivity index (χ3n) is 4.45. The van der Waals surface area contributed by atoms with Crippen molar-refractivity contribution < 1.29 is 18.0 Å². The zero-order chi connectivity index (χ0) is 18.0. The molecule has 0 bridgehead atoms. The van der Waals surface area contributed by atoms with Crippen LogP contribution in [0.15, 0.2) is 23.1 Å². The van der Waals surface area contributed by atoms with Gasteiger partial charge in [-0.1, -0.05) is 18.0 Å². The van der Waals surface area contributed by atoms with Gasteiger partial charge in [0, 0.05) is 26.2 Å². The second-order valence-electron chi connectivity index (χ2n) is 6.18. The lowest BCUT2D eigenvalue weighted by Gasteiger charge is -2.28. The molecule has 136 valence electrons. The van der Waals surface area contributed by atoms with E-state index < -0.39 is 15.9 Å². The lowest BCUT2D eigenvalue weighted by molar-refractivity contribution is -0.123. The van der Waals surface area contributed by atoms with Crippen LogP contribution in [0, 0.1) is 0 Å². The summed E-state index contributed by atoms with van der Waals surface area (Å²) in [5.74, 6) is -0.677. The van der Waals surface area contributed by atoms with Gasteiger partial charge < -0.3 is 10.2 Å². The topological polar surface area (TPSA) is 86.8 Å². The lowest BCUT2D eigenvalue weighted by Crippen LogP contribution is -2.50. The molecular weight excluding hydrogens is 366 g/mol. The molecule has 2 aliphatic heterocycles. The van der Waals surface area contributed by atoms with Crippen LogP contribution in [0.25, 0.3) is 0 Å². The van der Waals surface area contributed by atoms with Crippen LogP contribution in [-0.2, 0) is 14.8 Å². The van der Waals surface area contributed by atoms with Gasteiger partial charge in [-0.05, 0) is 31.0 Å². The highest BCUT2D eigenvalue weighted by molar-refractivity contribution is 7.89. The van der Waals surface area contributed by atoms with Crippen molar-refractivity contribution in [3.63, 3.8) is 0 Å². The second kappa shape index (κ2) is 7.31. The van der Waals surface area contributed by atoms with E-state index in [0.29, 0.717) is 26.2 Å². The maximum atomic E-state index is 12.8. The molecule has 1 aromatic carbocycles. The van der Waals surface area contributed by atoms with Crippen molar-refractivity contribution in [1.82, 2.24) is 14.5 Å². The maximum absolute atomic E-state index is 12.8. The number of carbonyl (C=O) groups excluding carboxylic acids is 2. The minimum atomic E-state index is -3.65. The van der Waals surface area contributed by atoms with Gasteiger partial charge in [0.15, 0.2) is 0 Å². The molecule has 2 aliphatic rings. The molecule has 0 saturated carbocycles. The monoisotopic (exact) mass is 385 g/mol. The van der Waals surface area contributed by atoms with Crippen LogP contribution in [0.1, 0.15) is 29.6 Å². The number of nitrogens with zero attached hydrogens (tertiary/aromatic N) is 2. The number of nitrogens with one attached hydrogen (secondary N) is 1. The van der Waals surface area contributed by atoms with Gasteiger partial charge >= 0.3 is 0 Å². The number of amides is 2. The number of hydrogen-bond donors (Lipinski definition) is 1. The minimum Gasteiger partial charge on any atom is -0.353 e. The Morgan fingerprint density at radius 3 is 2.52 bits per heavy atom. The van der Waals surface area contributed by atoms with Crippen LogP contribution in [0.2, 0.25) is 5.02 Å². The third kappa shape index (κ3) is 3.80. The van der Waals surface area contributed by atoms with Gasteiger partial charge in [-0.15, -0.1) is 0 Å². The predicted molar refractivity (Wildman–Crippen MR) is 93.0 cm³/mol. The Morgan fingerprint density at radius 1 is 1.12 bits per heavy atom. The summed E-state index contributed by atoms with van der Waals surface area (Å²) in [5, 5.41) is 2.82. The number of piperazine rings is 1. The highest BCUT2D eigenvalue weighted by Crippen LogP contribution is 2.26. The standard InChI is InChI=1S/C16H20ClN3O4S/c17-14-5-4-12(25(23,24)20-7-2-1-3-8-20)10-13(14)16(22)19-9-6-18-15(21)11-19/h4-5,10H,1-3,6-9,11H2,(H,18,21). The van der Waals surface area contributed by atoms with Gasteiger partial charge in [0.2, 0.25) is 15.9 Å². The molecule has 0 aromatic heterocycles. The number of rotatable bonds is 3. The van der Waals surface area contributed by atoms with E-state index in [2.05, 4.69) is 5.32 Å². The zero-order valence-corrected chi connectivity index (χ0v) is 15.3. The first kappa shape index (κ1) is 18.2. The number of benzene rings is 1. The second-order valence-corrected chi connectivity index (χ2v) is 8.53. The Bertz CT molecular complexity index is 791. The highest BCUT2D eigenvalue weighted by atomic mass is 35.5. The van der Waals surface area contributed by atoms with Gasteiger partial charge in [-0.3, -0.25) is 9.59 Å². The summed E-state index contributed by atoms with van der Waals surface area (Å²) < 4.78 is 27.0. The maximum Gasteiger partial charge on any atom is 0.255 e. The van der Waals surface area contributed by atoms with E-state index in [1.165, 1.54) is 27.4 Å². The predicted octanol–water partition coefficient (Wildman–Crippen LogP) is 1.09. The Morgan fingerprint density at radius 2 is 1.84 bits per heavy atom. The number of halogens is 1. The Hall–Kier alpha value is -1.64. The van der Waals surface area contributed by atoms with E-state index in [9.17, 15) is 18.0 Å². The van der Waals surface area contributed by atoms with Gasteiger partial charge in [0.1, 0.15) is 0 Å². The summed E-state index contributed by atoms with van der Waals surface area (Å²) >= 11 is 6.13.